The van der Waals surface area contributed by atoms with Gasteiger partial charge in [0.2, 0.25) is 0 Å². The van der Waals surface area contributed by atoms with E-state index < -0.39 is 5.97 Å². The summed E-state index contributed by atoms with van der Waals surface area (Å²) in [7, 11) is 0. The molecule has 0 atom stereocenters. The summed E-state index contributed by atoms with van der Waals surface area (Å²) < 4.78 is 5.92. The number of rotatable bonds is 11. The summed E-state index contributed by atoms with van der Waals surface area (Å²) in [5, 5.41) is 8.68. The molecule has 0 aliphatic rings. The van der Waals surface area contributed by atoms with Crippen molar-refractivity contribution in [1.29, 1.82) is 0 Å². The summed E-state index contributed by atoms with van der Waals surface area (Å²) in [4.78, 5) is 10.6. The van der Waals surface area contributed by atoms with Crippen LogP contribution in [-0.2, 0) is 4.79 Å². The molecule has 1 aromatic rings. The first-order valence-electron chi connectivity index (χ1n) is 9.19. The van der Waals surface area contributed by atoms with Gasteiger partial charge in [-0.05, 0) is 31.9 Å². The number of benzene rings is 1. The number of allylic oxidation sites excluding steroid dienone is 6. The van der Waals surface area contributed by atoms with Crippen LogP contribution in [0.25, 0.3) is 6.08 Å². The van der Waals surface area contributed by atoms with E-state index in [-0.39, 0.29) is 0 Å². The van der Waals surface area contributed by atoms with Gasteiger partial charge in [0.1, 0.15) is 5.75 Å². The van der Waals surface area contributed by atoms with Crippen LogP contribution in [0.4, 0.5) is 0 Å². The Hall–Kier alpha value is -2.55. The Bertz CT molecular complexity index is 678. The third-order valence-electron chi connectivity index (χ3n) is 3.77. The summed E-state index contributed by atoms with van der Waals surface area (Å²) in [6.07, 6.45) is 15.6. The highest BCUT2D eigenvalue weighted by molar-refractivity contribution is 5.81. The second kappa shape index (κ2) is 12.8. The van der Waals surface area contributed by atoms with Crippen LogP contribution in [0.1, 0.15) is 52.0 Å². The summed E-state index contributed by atoms with van der Waals surface area (Å²) in [5.41, 5.74) is 2.83. The molecular formula is C23H30O3. The molecule has 3 heteroatoms. The number of carbonyl (C=O) groups is 1. The third-order valence-corrected chi connectivity index (χ3v) is 3.77. The van der Waals surface area contributed by atoms with Crippen molar-refractivity contribution in [3.8, 4) is 5.75 Å². The molecule has 0 aliphatic carbocycles. The van der Waals surface area contributed by atoms with E-state index in [0.717, 1.165) is 29.9 Å². The second-order valence-electron chi connectivity index (χ2n) is 6.28. The van der Waals surface area contributed by atoms with Crippen molar-refractivity contribution in [3.63, 3.8) is 0 Å². The lowest BCUT2D eigenvalue weighted by molar-refractivity contribution is -0.131. The number of hydrogen-bond donors (Lipinski definition) is 1. The maximum atomic E-state index is 10.6. The largest absolute Gasteiger partial charge is 0.493 e. The lowest BCUT2D eigenvalue weighted by Gasteiger charge is -2.09. The van der Waals surface area contributed by atoms with Gasteiger partial charge in [0, 0.05) is 11.6 Å². The van der Waals surface area contributed by atoms with E-state index in [1.54, 1.807) is 13.0 Å². The average Bonchev–Trinajstić information content (AvgIpc) is 2.60. The topological polar surface area (TPSA) is 46.5 Å². The highest BCUT2D eigenvalue weighted by Gasteiger charge is 1.99. The van der Waals surface area contributed by atoms with E-state index in [9.17, 15) is 4.79 Å². The van der Waals surface area contributed by atoms with Crippen LogP contribution in [0.15, 0.2) is 65.8 Å². The molecule has 0 fully saturated rings. The fourth-order valence-corrected chi connectivity index (χ4v) is 2.33. The van der Waals surface area contributed by atoms with E-state index in [2.05, 4.69) is 6.92 Å². The predicted molar refractivity (Wildman–Crippen MR) is 109 cm³/mol. The molecule has 0 saturated heterocycles. The molecule has 1 N–H and O–H groups in total. The summed E-state index contributed by atoms with van der Waals surface area (Å²) in [6.45, 7) is 6.72. The van der Waals surface area contributed by atoms with Gasteiger partial charge in [-0.2, -0.15) is 0 Å². The maximum absolute atomic E-state index is 10.6. The molecule has 0 bridgehead atoms. The SMILES string of the molecule is CCCCCCOc1ccccc1/C=C/C(C)=C/C=C/C(C)=C/C(=O)O. The van der Waals surface area contributed by atoms with Crippen molar-refractivity contribution in [2.24, 2.45) is 0 Å². The molecule has 0 spiro atoms. The Morgan fingerprint density at radius 1 is 1.08 bits per heavy atom. The van der Waals surface area contributed by atoms with Crippen molar-refractivity contribution in [3.05, 3.63) is 71.4 Å². The highest BCUT2D eigenvalue weighted by atomic mass is 16.5. The number of ether oxygens (including phenoxy) is 1. The van der Waals surface area contributed by atoms with Gasteiger partial charge in [0.25, 0.3) is 0 Å². The van der Waals surface area contributed by atoms with E-state index in [0.29, 0.717) is 5.57 Å². The van der Waals surface area contributed by atoms with Crippen LogP contribution in [0.3, 0.4) is 0 Å². The molecule has 0 saturated carbocycles. The Morgan fingerprint density at radius 2 is 1.85 bits per heavy atom. The number of unbranched alkanes of at least 4 members (excludes halogenated alkanes) is 3. The quantitative estimate of drug-likeness (QED) is 0.293. The van der Waals surface area contributed by atoms with Crippen LogP contribution >= 0.6 is 0 Å². The highest BCUT2D eigenvalue weighted by Crippen LogP contribution is 2.20. The van der Waals surface area contributed by atoms with Gasteiger partial charge in [-0.1, -0.05) is 80.3 Å². The van der Waals surface area contributed by atoms with Gasteiger partial charge in [-0.3, -0.25) is 0 Å². The molecule has 140 valence electrons. The molecule has 0 aliphatic heterocycles. The Balaban J connectivity index is 2.65. The first-order valence-corrected chi connectivity index (χ1v) is 9.19. The fraction of sp³-hybridized carbons (Fsp3) is 0.348. The molecule has 1 aromatic carbocycles. The number of para-hydroxylation sites is 1. The smallest absolute Gasteiger partial charge is 0.328 e. The van der Waals surface area contributed by atoms with Crippen molar-refractivity contribution in [2.75, 3.05) is 6.61 Å². The lowest BCUT2D eigenvalue weighted by atomic mass is 10.1. The first-order chi connectivity index (χ1) is 12.5. The third kappa shape index (κ3) is 9.67. The maximum Gasteiger partial charge on any atom is 0.328 e. The van der Waals surface area contributed by atoms with Gasteiger partial charge < -0.3 is 9.84 Å². The van der Waals surface area contributed by atoms with Crippen LogP contribution in [0.2, 0.25) is 0 Å². The number of aliphatic carboxylic acids is 1. The number of hydrogen-bond acceptors (Lipinski definition) is 2. The van der Waals surface area contributed by atoms with E-state index >= 15 is 0 Å². The summed E-state index contributed by atoms with van der Waals surface area (Å²) in [5.74, 6) is -0.0251. The van der Waals surface area contributed by atoms with Gasteiger partial charge >= 0.3 is 5.97 Å². The number of carboxylic acid groups (broad SMARTS) is 1. The number of carboxylic acids is 1. The van der Waals surface area contributed by atoms with Crippen molar-refractivity contribution < 1.29 is 14.6 Å². The molecule has 0 aromatic heterocycles. The Morgan fingerprint density at radius 3 is 2.58 bits per heavy atom. The zero-order valence-corrected chi connectivity index (χ0v) is 16.1. The lowest BCUT2D eigenvalue weighted by Crippen LogP contribution is -1.98. The van der Waals surface area contributed by atoms with Gasteiger partial charge in [0.05, 0.1) is 6.61 Å². The minimum Gasteiger partial charge on any atom is -0.493 e. The van der Waals surface area contributed by atoms with Crippen LogP contribution in [0.5, 0.6) is 5.75 Å². The zero-order chi connectivity index (χ0) is 19.2. The van der Waals surface area contributed by atoms with Crippen LogP contribution in [-0.4, -0.2) is 17.7 Å². The fourth-order valence-electron chi connectivity index (χ4n) is 2.33. The van der Waals surface area contributed by atoms with Crippen LogP contribution < -0.4 is 4.74 Å². The molecule has 26 heavy (non-hydrogen) atoms. The molecule has 0 heterocycles. The van der Waals surface area contributed by atoms with E-state index in [4.69, 9.17) is 9.84 Å². The summed E-state index contributed by atoms with van der Waals surface area (Å²) >= 11 is 0. The van der Waals surface area contributed by atoms with Crippen LogP contribution in [0, 0.1) is 0 Å². The van der Waals surface area contributed by atoms with E-state index in [1.165, 1.54) is 25.3 Å². The molecule has 0 radical (unpaired) electrons. The normalized spacial score (nSPS) is 12.9. The van der Waals surface area contributed by atoms with Crippen molar-refractivity contribution >= 4 is 12.0 Å². The summed E-state index contributed by atoms with van der Waals surface area (Å²) in [6, 6.07) is 8.03. The van der Waals surface area contributed by atoms with Gasteiger partial charge in [0.15, 0.2) is 0 Å². The minimum atomic E-state index is -0.931. The van der Waals surface area contributed by atoms with Crippen molar-refractivity contribution in [2.45, 2.75) is 46.5 Å². The predicted octanol–water partition coefficient (Wildman–Crippen LogP) is 6.19. The zero-order valence-electron chi connectivity index (χ0n) is 16.1. The molecule has 1 rings (SSSR count). The molecular weight excluding hydrogens is 324 g/mol. The molecule has 0 unspecified atom stereocenters. The van der Waals surface area contributed by atoms with Gasteiger partial charge in [-0.25, -0.2) is 4.79 Å². The Kier molecular flexibility index (Phi) is 10.5. The minimum absolute atomic E-state index is 0.701. The molecule has 0 amide bonds. The standard InChI is InChI=1S/C23H30O3/c1-4-5-6-9-17-26-22-14-8-7-13-21(22)16-15-19(2)11-10-12-20(3)18-23(24)25/h7-8,10-16,18H,4-6,9,17H2,1-3H3,(H,24,25)/b12-10+,16-15+,19-11+,20-18+. The van der Waals surface area contributed by atoms with Gasteiger partial charge in [-0.15, -0.1) is 0 Å². The Labute approximate surface area is 157 Å². The average molecular weight is 354 g/mol. The first kappa shape index (κ1) is 21.5. The second-order valence-corrected chi connectivity index (χ2v) is 6.28. The van der Waals surface area contributed by atoms with E-state index in [1.807, 2.05) is 55.5 Å². The monoisotopic (exact) mass is 354 g/mol. The van der Waals surface area contributed by atoms with Crippen molar-refractivity contribution in [1.82, 2.24) is 0 Å². The molecule has 3 nitrogen and oxygen atoms in total.